The Kier molecular flexibility index (Phi) is 7.79. The molecule has 2 unspecified atom stereocenters. The van der Waals surface area contributed by atoms with Gasteiger partial charge in [0.1, 0.15) is 10.6 Å². The van der Waals surface area contributed by atoms with Gasteiger partial charge in [0, 0.05) is 5.92 Å². The maximum absolute atomic E-state index is 15.5. The van der Waals surface area contributed by atoms with Crippen molar-refractivity contribution in [1.82, 2.24) is 0 Å². The molecule has 2 aliphatic rings. The molecule has 1 fully saturated rings. The normalized spacial score (nSPS) is 25.5. The van der Waals surface area contributed by atoms with Crippen molar-refractivity contribution in [2.45, 2.75) is 41.2 Å². The van der Waals surface area contributed by atoms with Crippen molar-refractivity contribution in [2.24, 2.45) is 17.0 Å². The number of rotatable bonds is 7. The smallest absolute Gasteiger partial charge is 0.416 e. The molecular formula is C23H24F5NO8S3. The van der Waals surface area contributed by atoms with E-state index >= 15 is 4.39 Å². The standard InChI is InChI=1S/C23H24F5NO8S3/c1-38(30,31)37-19-8-10-22(40(34,35)14-4-2-13(3-5-14)23(26,27)28)16(15(19)9-11-39(29,32)33)12-36-21-18(25)7-6-17(24)20(21)22/h2-7,15-16,19H,8-12H2,1H3,(H2,29,32,33)/t15?,16-,19-,22?/m0/s1. The molecule has 1 aliphatic heterocycles. The third-order valence-electron chi connectivity index (χ3n) is 7.29. The fourth-order valence-corrected chi connectivity index (χ4v) is 9.39. The van der Waals surface area contributed by atoms with Crippen LogP contribution in [0, 0.1) is 23.5 Å². The molecule has 4 atom stereocenters. The van der Waals surface area contributed by atoms with Gasteiger partial charge >= 0.3 is 6.18 Å². The van der Waals surface area contributed by atoms with Crippen LogP contribution in [0.15, 0.2) is 41.3 Å². The quantitative estimate of drug-likeness (QED) is 0.362. The van der Waals surface area contributed by atoms with Gasteiger partial charge in [-0.25, -0.2) is 30.8 Å². The van der Waals surface area contributed by atoms with E-state index in [4.69, 9.17) is 14.1 Å². The summed E-state index contributed by atoms with van der Waals surface area (Å²) in [4.78, 5) is -0.644. The molecule has 40 heavy (non-hydrogen) atoms. The fourth-order valence-electron chi connectivity index (χ4n) is 5.70. The molecule has 1 heterocycles. The van der Waals surface area contributed by atoms with Crippen LogP contribution in [-0.2, 0) is 45.1 Å². The van der Waals surface area contributed by atoms with E-state index in [0.717, 1.165) is 6.26 Å². The van der Waals surface area contributed by atoms with E-state index in [1.807, 2.05) is 0 Å². The molecule has 0 saturated heterocycles. The van der Waals surface area contributed by atoms with Crippen molar-refractivity contribution in [3.05, 3.63) is 59.2 Å². The van der Waals surface area contributed by atoms with Gasteiger partial charge in [0.15, 0.2) is 21.4 Å². The van der Waals surface area contributed by atoms with Gasteiger partial charge in [0.2, 0.25) is 10.0 Å². The molecule has 2 aromatic carbocycles. The number of sulfone groups is 1. The highest BCUT2D eigenvalue weighted by Crippen LogP contribution is 2.59. The lowest BCUT2D eigenvalue weighted by atomic mass is 9.65. The molecule has 0 spiro atoms. The van der Waals surface area contributed by atoms with Crippen LogP contribution in [-0.4, -0.2) is 50.0 Å². The number of hydrogen-bond donors (Lipinski definition) is 1. The molecule has 2 aromatic rings. The van der Waals surface area contributed by atoms with E-state index in [0.29, 0.717) is 36.4 Å². The fraction of sp³-hybridized carbons (Fsp3) is 0.478. The lowest BCUT2D eigenvalue weighted by molar-refractivity contribution is -0.137. The summed E-state index contributed by atoms with van der Waals surface area (Å²) in [5.74, 6) is -6.43. The van der Waals surface area contributed by atoms with Crippen molar-refractivity contribution in [1.29, 1.82) is 0 Å². The van der Waals surface area contributed by atoms with Crippen LogP contribution in [0.2, 0.25) is 0 Å². The van der Waals surface area contributed by atoms with Crippen LogP contribution < -0.4 is 9.88 Å². The number of hydrogen-bond acceptors (Lipinski definition) is 8. The maximum atomic E-state index is 15.5. The first-order chi connectivity index (χ1) is 18.3. The average molecular weight is 634 g/mol. The van der Waals surface area contributed by atoms with Gasteiger partial charge in [-0.15, -0.1) is 0 Å². The lowest BCUT2D eigenvalue weighted by Crippen LogP contribution is -2.58. The molecule has 17 heteroatoms. The molecular weight excluding hydrogens is 609 g/mol. The van der Waals surface area contributed by atoms with E-state index in [1.165, 1.54) is 0 Å². The predicted molar refractivity (Wildman–Crippen MR) is 131 cm³/mol. The third kappa shape index (κ3) is 5.57. The lowest BCUT2D eigenvalue weighted by Gasteiger charge is -2.52. The van der Waals surface area contributed by atoms with Crippen LogP contribution in [0.1, 0.15) is 30.4 Å². The van der Waals surface area contributed by atoms with E-state index in [-0.39, 0.29) is 6.42 Å². The Labute approximate surface area is 227 Å². The van der Waals surface area contributed by atoms with Crippen LogP contribution in [0.5, 0.6) is 5.75 Å². The zero-order valence-corrected chi connectivity index (χ0v) is 23.1. The van der Waals surface area contributed by atoms with Crippen molar-refractivity contribution in [2.75, 3.05) is 18.6 Å². The second-order valence-corrected chi connectivity index (χ2v) is 15.3. The first kappa shape index (κ1) is 30.6. The molecule has 222 valence electrons. The van der Waals surface area contributed by atoms with E-state index in [2.05, 4.69) is 0 Å². The van der Waals surface area contributed by atoms with Gasteiger partial charge in [-0.05, 0) is 61.6 Å². The Bertz CT molecular complexity index is 1630. The van der Waals surface area contributed by atoms with Crippen molar-refractivity contribution in [3.63, 3.8) is 0 Å². The minimum absolute atomic E-state index is 0.381. The largest absolute Gasteiger partial charge is 0.490 e. The second kappa shape index (κ2) is 10.2. The number of fused-ring (bicyclic) bond motifs is 3. The van der Waals surface area contributed by atoms with Gasteiger partial charge in [-0.2, -0.15) is 21.6 Å². The van der Waals surface area contributed by atoms with E-state index in [9.17, 15) is 42.8 Å². The number of alkyl halides is 3. The van der Waals surface area contributed by atoms with Gasteiger partial charge in [0.25, 0.3) is 10.1 Å². The number of ether oxygens (including phenoxy) is 1. The van der Waals surface area contributed by atoms with Crippen LogP contribution in [0.3, 0.4) is 0 Å². The van der Waals surface area contributed by atoms with Crippen LogP contribution >= 0.6 is 0 Å². The summed E-state index contributed by atoms with van der Waals surface area (Å²) in [6.07, 6.45) is -6.73. The summed E-state index contributed by atoms with van der Waals surface area (Å²) in [7, 11) is -13.2. The van der Waals surface area contributed by atoms with E-state index < -0.39 is 117 Å². The number of nitrogens with two attached hydrogens (primary N) is 1. The first-order valence-electron chi connectivity index (χ1n) is 11.7. The highest BCUT2D eigenvalue weighted by atomic mass is 32.2. The number of halogens is 5. The van der Waals surface area contributed by atoms with Gasteiger partial charge in [-0.1, -0.05) is 0 Å². The minimum atomic E-state index is -4.89. The molecule has 2 N–H and O–H groups in total. The SMILES string of the molecule is CS(=O)(=O)O[C@H]1CCC2(S(=O)(=O)c3ccc(C(F)(F)F)cc3)c3c(F)ccc(F)c3OC[C@H]2C1CCS(N)(=O)=O. The Balaban J connectivity index is 1.98. The minimum Gasteiger partial charge on any atom is -0.490 e. The van der Waals surface area contributed by atoms with E-state index in [1.54, 1.807) is 0 Å². The van der Waals surface area contributed by atoms with Crippen LogP contribution in [0.4, 0.5) is 22.0 Å². The predicted octanol–water partition coefficient (Wildman–Crippen LogP) is 3.09. The summed E-state index contributed by atoms with van der Waals surface area (Å²) >= 11 is 0. The Morgan fingerprint density at radius 1 is 1.00 bits per heavy atom. The number of benzene rings is 2. The summed E-state index contributed by atoms with van der Waals surface area (Å²) in [6, 6.07) is 3.81. The van der Waals surface area contributed by atoms with Gasteiger partial charge in [-0.3, -0.25) is 4.18 Å². The first-order valence-corrected chi connectivity index (χ1v) is 16.7. The van der Waals surface area contributed by atoms with Crippen molar-refractivity contribution < 1.29 is 56.1 Å². The maximum Gasteiger partial charge on any atom is 0.416 e. The second-order valence-electron chi connectivity index (χ2n) is 9.76. The average Bonchev–Trinajstić information content (AvgIpc) is 2.83. The number of primary sulfonamides is 1. The Hall–Kier alpha value is -2.34. The molecule has 0 radical (unpaired) electrons. The molecule has 0 bridgehead atoms. The highest BCUT2D eigenvalue weighted by molar-refractivity contribution is 7.92. The molecule has 0 amide bonds. The van der Waals surface area contributed by atoms with Crippen LogP contribution in [0.25, 0.3) is 0 Å². The van der Waals surface area contributed by atoms with Gasteiger partial charge < -0.3 is 4.74 Å². The molecule has 9 nitrogen and oxygen atoms in total. The summed E-state index contributed by atoms with van der Waals surface area (Å²) < 4.78 is 154. The van der Waals surface area contributed by atoms with Crippen molar-refractivity contribution >= 4 is 30.0 Å². The third-order valence-corrected chi connectivity index (χ3v) is 11.3. The topological polar surface area (TPSA) is 147 Å². The Morgan fingerprint density at radius 3 is 2.15 bits per heavy atom. The Morgan fingerprint density at radius 2 is 1.60 bits per heavy atom. The zero-order valence-electron chi connectivity index (χ0n) is 20.7. The molecule has 4 rings (SSSR count). The van der Waals surface area contributed by atoms with Crippen molar-refractivity contribution in [3.8, 4) is 5.75 Å². The summed E-state index contributed by atoms with van der Waals surface area (Å²) in [6.45, 7) is -0.633. The molecule has 0 aromatic heterocycles. The number of sulfonamides is 1. The monoisotopic (exact) mass is 633 g/mol. The van der Waals surface area contributed by atoms with Gasteiger partial charge in [0.05, 0.1) is 40.7 Å². The molecule has 1 saturated carbocycles. The summed E-state index contributed by atoms with van der Waals surface area (Å²) in [5, 5.41) is 5.14. The zero-order chi connectivity index (χ0) is 29.9. The molecule has 1 aliphatic carbocycles. The summed E-state index contributed by atoms with van der Waals surface area (Å²) in [5.41, 5.74) is -1.87. The highest BCUT2D eigenvalue weighted by Gasteiger charge is 2.63.